The third-order valence-corrected chi connectivity index (χ3v) is 4.51. The van der Waals surface area contributed by atoms with Gasteiger partial charge in [-0.15, -0.1) is 11.3 Å². The predicted octanol–water partition coefficient (Wildman–Crippen LogP) is 3.52. The molecule has 0 spiro atoms. The molecule has 2 nitrogen and oxygen atoms in total. The summed E-state index contributed by atoms with van der Waals surface area (Å²) in [6.45, 7) is 0. The SMILES string of the molecule is NNC(Cc1cccs1)Cc1cccc2ccccc12. The molecule has 3 N–H and O–H groups in total. The van der Waals surface area contributed by atoms with Crippen LogP contribution in [0.15, 0.2) is 60.0 Å². The molecular weight excluding hydrogens is 264 g/mol. The van der Waals surface area contributed by atoms with Crippen molar-refractivity contribution in [3.05, 3.63) is 70.4 Å². The average molecular weight is 282 g/mol. The molecule has 0 saturated heterocycles. The lowest BCUT2D eigenvalue weighted by molar-refractivity contribution is 0.527. The molecule has 3 heteroatoms. The predicted molar refractivity (Wildman–Crippen MR) is 86.8 cm³/mol. The van der Waals surface area contributed by atoms with Crippen LogP contribution in [0.4, 0.5) is 0 Å². The van der Waals surface area contributed by atoms with Crippen molar-refractivity contribution >= 4 is 22.1 Å². The number of thiophene rings is 1. The van der Waals surface area contributed by atoms with Gasteiger partial charge in [0.2, 0.25) is 0 Å². The molecule has 1 atom stereocenters. The van der Waals surface area contributed by atoms with Crippen LogP contribution in [-0.2, 0) is 12.8 Å². The van der Waals surface area contributed by atoms with E-state index in [2.05, 4.69) is 65.4 Å². The summed E-state index contributed by atoms with van der Waals surface area (Å²) in [4.78, 5) is 1.37. The summed E-state index contributed by atoms with van der Waals surface area (Å²) in [7, 11) is 0. The van der Waals surface area contributed by atoms with Gasteiger partial charge in [-0.05, 0) is 40.6 Å². The number of nitrogens with two attached hydrogens (primary N) is 1. The van der Waals surface area contributed by atoms with Crippen molar-refractivity contribution in [3.63, 3.8) is 0 Å². The molecule has 102 valence electrons. The average Bonchev–Trinajstić information content (AvgIpc) is 3.00. The van der Waals surface area contributed by atoms with Crippen molar-refractivity contribution in [2.24, 2.45) is 5.84 Å². The summed E-state index contributed by atoms with van der Waals surface area (Å²) in [5.41, 5.74) is 4.31. The maximum Gasteiger partial charge on any atom is 0.0299 e. The van der Waals surface area contributed by atoms with Crippen LogP contribution in [0, 0.1) is 0 Å². The Morgan fingerprint density at radius 1 is 0.950 bits per heavy atom. The van der Waals surface area contributed by atoms with Gasteiger partial charge in [0.1, 0.15) is 0 Å². The van der Waals surface area contributed by atoms with Crippen LogP contribution in [0.5, 0.6) is 0 Å². The fourth-order valence-electron chi connectivity index (χ4n) is 2.60. The van der Waals surface area contributed by atoms with Gasteiger partial charge >= 0.3 is 0 Å². The van der Waals surface area contributed by atoms with E-state index in [0.717, 1.165) is 12.8 Å². The molecule has 1 aromatic heterocycles. The lowest BCUT2D eigenvalue weighted by Crippen LogP contribution is -2.38. The molecule has 0 amide bonds. The summed E-state index contributed by atoms with van der Waals surface area (Å²) in [5, 5.41) is 4.72. The first-order valence-corrected chi connectivity index (χ1v) is 7.70. The zero-order valence-electron chi connectivity index (χ0n) is 11.3. The highest BCUT2D eigenvalue weighted by atomic mass is 32.1. The number of hydrogen-bond donors (Lipinski definition) is 2. The van der Waals surface area contributed by atoms with Gasteiger partial charge in [-0.3, -0.25) is 11.3 Å². The molecular formula is C17H18N2S. The first-order chi connectivity index (χ1) is 9.86. The Morgan fingerprint density at radius 3 is 2.60 bits per heavy atom. The molecule has 0 fully saturated rings. The number of fused-ring (bicyclic) bond motifs is 1. The maximum atomic E-state index is 5.74. The highest BCUT2D eigenvalue weighted by molar-refractivity contribution is 7.09. The van der Waals surface area contributed by atoms with Crippen molar-refractivity contribution in [1.29, 1.82) is 0 Å². The van der Waals surface area contributed by atoms with Gasteiger partial charge in [-0.25, -0.2) is 0 Å². The summed E-state index contributed by atoms with van der Waals surface area (Å²) < 4.78 is 0. The quantitative estimate of drug-likeness (QED) is 0.555. The first-order valence-electron chi connectivity index (χ1n) is 6.82. The second-order valence-corrected chi connectivity index (χ2v) is 6.02. The second kappa shape index (κ2) is 6.18. The van der Waals surface area contributed by atoms with Crippen molar-refractivity contribution in [2.45, 2.75) is 18.9 Å². The van der Waals surface area contributed by atoms with Gasteiger partial charge in [0.25, 0.3) is 0 Å². The summed E-state index contributed by atoms with van der Waals surface area (Å²) >= 11 is 1.79. The molecule has 1 heterocycles. The zero-order chi connectivity index (χ0) is 13.8. The summed E-state index contributed by atoms with van der Waals surface area (Å²) in [6, 6.07) is 19.5. The Labute approximate surface area is 123 Å². The van der Waals surface area contributed by atoms with E-state index in [1.165, 1.54) is 21.2 Å². The molecule has 0 radical (unpaired) electrons. The third kappa shape index (κ3) is 2.90. The van der Waals surface area contributed by atoms with E-state index >= 15 is 0 Å². The van der Waals surface area contributed by atoms with Crippen molar-refractivity contribution in [3.8, 4) is 0 Å². The minimum atomic E-state index is 0.263. The van der Waals surface area contributed by atoms with Crippen LogP contribution < -0.4 is 11.3 Å². The van der Waals surface area contributed by atoms with Gasteiger partial charge in [-0.1, -0.05) is 48.5 Å². The standard InChI is InChI=1S/C17H18N2S/c18-19-15(12-16-8-4-10-20-16)11-14-7-3-6-13-5-1-2-9-17(13)14/h1-10,15,19H,11-12,18H2. The lowest BCUT2D eigenvalue weighted by atomic mass is 9.97. The Kier molecular flexibility index (Phi) is 4.11. The van der Waals surface area contributed by atoms with Crippen molar-refractivity contribution in [1.82, 2.24) is 5.43 Å². The Balaban J connectivity index is 1.84. The van der Waals surface area contributed by atoms with Crippen LogP contribution in [0.3, 0.4) is 0 Å². The summed E-state index contributed by atoms with van der Waals surface area (Å²) in [6.07, 6.45) is 1.91. The number of benzene rings is 2. The molecule has 0 aliphatic heterocycles. The van der Waals surface area contributed by atoms with Crippen LogP contribution in [-0.4, -0.2) is 6.04 Å². The Morgan fingerprint density at radius 2 is 1.80 bits per heavy atom. The van der Waals surface area contributed by atoms with Gasteiger partial charge in [-0.2, -0.15) is 0 Å². The monoisotopic (exact) mass is 282 g/mol. The van der Waals surface area contributed by atoms with E-state index in [1.54, 1.807) is 11.3 Å². The van der Waals surface area contributed by atoms with Gasteiger partial charge in [0.05, 0.1) is 0 Å². The molecule has 0 aliphatic carbocycles. The summed E-state index contributed by atoms with van der Waals surface area (Å²) in [5.74, 6) is 5.74. The molecule has 0 saturated carbocycles. The fourth-order valence-corrected chi connectivity index (χ4v) is 3.38. The normalized spacial score (nSPS) is 12.7. The maximum absolute atomic E-state index is 5.74. The third-order valence-electron chi connectivity index (χ3n) is 3.61. The van der Waals surface area contributed by atoms with Gasteiger partial charge in [0, 0.05) is 10.9 Å². The van der Waals surface area contributed by atoms with Crippen LogP contribution in [0.25, 0.3) is 10.8 Å². The largest absolute Gasteiger partial charge is 0.271 e. The Bertz CT molecular complexity index is 671. The highest BCUT2D eigenvalue weighted by Gasteiger charge is 2.11. The van der Waals surface area contributed by atoms with E-state index in [0.29, 0.717) is 0 Å². The number of nitrogens with one attached hydrogen (secondary N) is 1. The molecule has 0 bridgehead atoms. The topological polar surface area (TPSA) is 38.0 Å². The highest BCUT2D eigenvalue weighted by Crippen LogP contribution is 2.21. The van der Waals surface area contributed by atoms with E-state index in [-0.39, 0.29) is 6.04 Å². The van der Waals surface area contributed by atoms with Crippen LogP contribution in [0.1, 0.15) is 10.4 Å². The van der Waals surface area contributed by atoms with Gasteiger partial charge < -0.3 is 0 Å². The van der Waals surface area contributed by atoms with E-state index in [1.807, 2.05) is 0 Å². The second-order valence-electron chi connectivity index (χ2n) is 4.99. The minimum absolute atomic E-state index is 0.263. The number of hydrogen-bond acceptors (Lipinski definition) is 3. The van der Waals surface area contributed by atoms with Crippen LogP contribution in [0.2, 0.25) is 0 Å². The molecule has 20 heavy (non-hydrogen) atoms. The smallest absolute Gasteiger partial charge is 0.0299 e. The zero-order valence-corrected chi connectivity index (χ0v) is 12.1. The van der Waals surface area contributed by atoms with Crippen LogP contribution >= 0.6 is 11.3 Å². The fraction of sp³-hybridized carbons (Fsp3) is 0.176. The number of hydrazine groups is 1. The lowest BCUT2D eigenvalue weighted by Gasteiger charge is -2.16. The molecule has 3 rings (SSSR count). The number of rotatable bonds is 5. The van der Waals surface area contributed by atoms with Gasteiger partial charge in [0.15, 0.2) is 0 Å². The van der Waals surface area contributed by atoms with Crippen molar-refractivity contribution in [2.75, 3.05) is 0 Å². The molecule has 3 aromatic rings. The van der Waals surface area contributed by atoms with Crippen molar-refractivity contribution < 1.29 is 0 Å². The molecule has 2 aromatic carbocycles. The molecule has 1 unspecified atom stereocenters. The molecule has 0 aliphatic rings. The Hall–Kier alpha value is -1.68. The van der Waals surface area contributed by atoms with E-state index < -0.39 is 0 Å². The van der Waals surface area contributed by atoms with E-state index in [4.69, 9.17) is 5.84 Å². The first kappa shape index (κ1) is 13.3. The van der Waals surface area contributed by atoms with E-state index in [9.17, 15) is 0 Å². The minimum Gasteiger partial charge on any atom is -0.271 e.